The minimum atomic E-state index is -0.679. The number of fused-ring (bicyclic) bond motifs is 1. The van der Waals surface area contributed by atoms with Gasteiger partial charge in [0, 0.05) is 16.3 Å². The van der Waals surface area contributed by atoms with Gasteiger partial charge in [-0.15, -0.1) is 0 Å². The highest BCUT2D eigenvalue weighted by Crippen LogP contribution is 2.39. The molecule has 2 heterocycles. The molecule has 0 saturated heterocycles. The maximum absolute atomic E-state index is 12.6. The number of aromatic nitrogens is 2. The molecule has 6 nitrogen and oxygen atoms in total. The summed E-state index contributed by atoms with van der Waals surface area (Å²) < 4.78 is 1.64. The second-order valence-corrected chi connectivity index (χ2v) is 7.54. The summed E-state index contributed by atoms with van der Waals surface area (Å²) >= 11 is 6.01. The standard InChI is InChI=1S/C22H21ClN4O2/c1-3-17-20(14-7-9-15(23)10-8-14)21-25-22(29)18(27(21)26-17)12-19(28)24-16-6-4-5-13(2)11-16/h4-11,18H,3,12H2,1-2H3,(H,24,28)(H,25,29). The van der Waals surface area contributed by atoms with Crippen molar-refractivity contribution in [3.05, 3.63) is 64.8 Å². The van der Waals surface area contributed by atoms with E-state index in [0.29, 0.717) is 22.9 Å². The molecule has 0 fully saturated rings. The Morgan fingerprint density at radius 1 is 1.24 bits per heavy atom. The van der Waals surface area contributed by atoms with Crippen molar-refractivity contribution in [3.8, 4) is 11.1 Å². The van der Waals surface area contributed by atoms with Gasteiger partial charge in [0.15, 0.2) is 0 Å². The van der Waals surface area contributed by atoms with E-state index in [1.807, 2.05) is 62.4 Å². The Balaban J connectivity index is 1.61. The van der Waals surface area contributed by atoms with Crippen molar-refractivity contribution < 1.29 is 9.59 Å². The second kappa shape index (κ2) is 7.72. The molecule has 3 aromatic rings. The van der Waals surface area contributed by atoms with Gasteiger partial charge in [0.25, 0.3) is 5.91 Å². The van der Waals surface area contributed by atoms with Crippen LogP contribution < -0.4 is 10.6 Å². The number of aryl methyl sites for hydroxylation is 2. The summed E-state index contributed by atoms with van der Waals surface area (Å²) in [6.45, 7) is 3.97. The van der Waals surface area contributed by atoms with E-state index < -0.39 is 6.04 Å². The van der Waals surface area contributed by atoms with Gasteiger partial charge in [0.1, 0.15) is 11.9 Å². The van der Waals surface area contributed by atoms with E-state index in [4.69, 9.17) is 11.6 Å². The number of hydrogen-bond acceptors (Lipinski definition) is 3. The number of nitrogens with one attached hydrogen (secondary N) is 2. The number of carbonyl (C=O) groups excluding carboxylic acids is 2. The molecule has 1 aliphatic heterocycles. The van der Waals surface area contributed by atoms with Crippen LogP contribution in [0.1, 0.15) is 30.6 Å². The lowest BCUT2D eigenvalue weighted by Gasteiger charge is -2.10. The summed E-state index contributed by atoms with van der Waals surface area (Å²) in [5.74, 6) is 0.164. The Kier molecular flexibility index (Phi) is 5.11. The number of nitrogens with zero attached hydrogens (tertiary/aromatic N) is 2. The molecule has 2 amide bonds. The third-order valence-electron chi connectivity index (χ3n) is 4.97. The van der Waals surface area contributed by atoms with E-state index in [1.54, 1.807) is 4.68 Å². The van der Waals surface area contributed by atoms with E-state index >= 15 is 0 Å². The van der Waals surface area contributed by atoms with Gasteiger partial charge in [0.2, 0.25) is 5.91 Å². The Morgan fingerprint density at radius 3 is 2.69 bits per heavy atom. The van der Waals surface area contributed by atoms with Crippen molar-refractivity contribution in [2.45, 2.75) is 32.7 Å². The van der Waals surface area contributed by atoms with Crippen LogP contribution in [0.25, 0.3) is 11.1 Å². The van der Waals surface area contributed by atoms with Crippen LogP contribution in [0.15, 0.2) is 48.5 Å². The summed E-state index contributed by atoms with van der Waals surface area (Å²) in [5.41, 5.74) is 4.43. The zero-order chi connectivity index (χ0) is 20.5. The molecule has 1 aromatic heterocycles. The molecule has 7 heteroatoms. The van der Waals surface area contributed by atoms with Gasteiger partial charge in [-0.05, 0) is 48.7 Å². The molecule has 1 unspecified atom stereocenters. The van der Waals surface area contributed by atoms with Crippen molar-refractivity contribution in [1.82, 2.24) is 9.78 Å². The van der Waals surface area contributed by atoms with E-state index in [0.717, 1.165) is 22.4 Å². The molecule has 1 aliphatic rings. The smallest absolute Gasteiger partial charge is 0.251 e. The highest BCUT2D eigenvalue weighted by Gasteiger charge is 2.36. The zero-order valence-electron chi connectivity index (χ0n) is 16.2. The number of rotatable bonds is 5. The average molecular weight is 409 g/mol. The van der Waals surface area contributed by atoms with Crippen LogP contribution in [0.5, 0.6) is 0 Å². The SMILES string of the molecule is CCc1nn2c(c1-c1ccc(Cl)cc1)NC(=O)C2CC(=O)Nc1cccc(C)c1. The summed E-state index contributed by atoms with van der Waals surface area (Å²) in [5, 5.41) is 11.0. The van der Waals surface area contributed by atoms with E-state index in [-0.39, 0.29) is 18.2 Å². The molecule has 0 bridgehead atoms. The molecule has 0 radical (unpaired) electrons. The van der Waals surface area contributed by atoms with Crippen LogP contribution >= 0.6 is 11.6 Å². The van der Waals surface area contributed by atoms with Gasteiger partial charge in [0.05, 0.1) is 12.1 Å². The third kappa shape index (κ3) is 3.76. The van der Waals surface area contributed by atoms with Crippen molar-refractivity contribution in [2.75, 3.05) is 10.6 Å². The lowest BCUT2D eigenvalue weighted by Crippen LogP contribution is -2.24. The molecule has 0 aliphatic carbocycles. The predicted octanol–water partition coefficient (Wildman–Crippen LogP) is 4.60. The average Bonchev–Trinajstić information content (AvgIpc) is 3.18. The monoisotopic (exact) mass is 408 g/mol. The van der Waals surface area contributed by atoms with Gasteiger partial charge in [-0.2, -0.15) is 5.10 Å². The predicted molar refractivity (Wildman–Crippen MR) is 114 cm³/mol. The van der Waals surface area contributed by atoms with Gasteiger partial charge in [-0.25, -0.2) is 4.68 Å². The van der Waals surface area contributed by atoms with Crippen LogP contribution in [0.3, 0.4) is 0 Å². The molecule has 2 N–H and O–H groups in total. The topological polar surface area (TPSA) is 76.0 Å². The molecule has 29 heavy (non-hydrogen) atoms. The molecule has 1 atom stereocenters. The highest BCUT2D eigenvalue weighted by molar-refractivity contribution is 6.30. The molecule has 148 valence electrons. The van der Waals surface area contributed by atoms with Crippen LogP contribution in [0.2, 0.25) is 5.02 Å². The first-order chi connectivity index (χ1) is 14.0. The van der Waals surface area contributed by atoms with Gasteiger partial charge < -0.3 is 10.6 Å². The maximum Gasteiger partial charge on any atom is 0.251 e. The Labute approximate surface area is 173 Å². The molecule has 4 rings (SSSR count). The van der Waals surface area contributed by atoms with Crippen molar-refractivity contribution >= 4 is 34.9 Å². The minimum Gasteiger partial charge on any atom is -0.326 e. The van der Waals surface area contributed by atoms with Gasteiger partial charge in [-0.1, -0.05) is 42.8 Å². The summed E-state index contributed by atoms with van der Waals surface area (Å²) in [6, 6.07) is 14.3. The van der Waals surface area contributed by atoms with E-state index in [1.165, 1.54) is 0 Å². The van der Waals surface area contributed by atoms with Crippen LogP contribution in [0.4, 0.5) is 11.5 Å². The largest absolute Gasteiger partial charge is 0.326 e. The van der Waals surface area contributed by atoms with Crippen molar-refractivity contribution in [2.24, 2.45) is 0 Å². The fourth-order valence-electron chi connectivity index (χ4n) is 3.59. The molecule has 0 saturated carbocycles. The number of anilines is 2. The number of halogens is 1. The first kappa shape index (κ1) is 19.2. The Hall–Kier alpha value is -3.12. The van der Waals surface area contributed by atoms with Gasteiger partial charge >= 0.3 is 0 Å². The lowest BCUT2D eigenvalue weighted by molar-refractivity contribution is -0.123. The fraction of sp³-hybridized carbons (Fsp3) is 0.227. The summed E-state index contributed by atoms with van der Waals surface area (Å²) in [7, 11) is 0. The van der Waals surface area contributed by atoms with E-state index in [2.05, 4.69) is 15.7 Å². The van der Waals surface area contributed by atoms with Crippen LogP contribution in [-0.4, -0.2) is 21.6 Å². The lowest BCUT2D eigenvalue weighted by atomic mass is 10.0. The number of amides is 2. The van der Waals surface area contributed by atoms with Gasteiger partial charge in [-0.3, -0.25) is 9.59 Å². The molecule has 0 spiro atoms. The highest BCUT2D eigenvalue weighted by atomic mass is 35.5. The van der Waals surface area contributed by atoms with Crippen molar-refractivity contribution in [1.29, 1.82) is 0 Å². The zero-order valence-corrected chi connectivity index (χ0v) is 17.0. The quantitative estimate of drug-likeness (QED) is 0.648. The fourth-order valence-corrected chi connectivity index (χ4v) is 3.72. The normalized spacial score (nSPS) is 15.1. The van der Waals surface area contributed by atoms with Crippen LogP contribution in [0, 0.1) is 6.92 Å². The van der Waals surface area contributed by atoms with Crippen molar-refractivity contribution in [3.63, 3.8) is 0 Å². The second-order valence-electron chi connectivity index (χ2n) is 7.10. The molecule has 2 aromatic carbocycles. The summed E-state index contributed by atoms with van der Waals surface area (Å²) in [4.78, 5) is 25.2. The number of carbonyl (C=O) groups is 2. The minimum absolute atomic E-state index is 0.0116. The number of hydrogen-bond donors (Lipinski definition) is 2. The first-order valence-electron chi connectivity index (χ1n) is 9.51. The van der Waals surface area contributed by atoms with Crippen LogP contribution in [-0.2, 0) is 16.0 Å². The first-order valence-corrected chi connectivity index (χ1v) is 9.88. The number of benzene rings is 2. The summed E-state index contributed by atoms with van der Waals surface area (Å²) in [6.07, 6.45) is 0.716. The molecular weight excluding hydrogens is 388 g/mol. The third-order valence-corrected chi connectivity index (χ3v) is 5.22. The maximum atomic E-state index is 12.6. The Morgan fingerprint density at radius 2 is 2.00 bits per heavy atom. The van der Waals surface area contributed by atoms with E-state index in [9.17, 15) is 9.59 Å². The molecular formula is C22H21ClN4O2. The Bertz CT molecular complexity index is 1090.